The van der Waals surface area contributed by atoms with Crippen LogP contribution in [0.4, 0.5) is 0 Å². The molecule has 4 rings (SSSR count). The maximum Gasteiger partial charge on any atom is 0.236 e. The summed E-state index contributed by atoms with van der Waals surface area (Å²) in [7, 11) is 1.68. The number of carbonyl (C=O) groups is 1. The third-order valence-electron chi connectivity index (χ3n) is 5.81. The zero-order valence-electron chi connectivity index (χ0n) is 17.2. The average Bonchev–Trinajstić information content (AvgIpc) is 3.37. The van der Waals surface area contributed by atoms with Crippen LogP contribution in [0.2, 0.25) is 0 Å². The summed E-state index contributed by atoms with van der Waals surface area (Å²) in [6.45, 7) is 7.50. The number of benzene rings is 1. The van der Waals surface area contributed by atoms with Crippen LogP contribution in [0.5, 0.6) is 5.75 Å². The van der Waals surface area contributed by atoms with Crippen LogP contribution in [0.25, 0.3) is 0 Å². The fourth-order valence-electron chi connectivity index (χ4n) is 4.56. The molecule has 4 atom stereocenters. The van der Waals surface area contributed by atoms with Gasteiger partial charge in [0.05, 0.1) is 31.6 Å². The molecule has 8 heteroatoms. The zero-order chi connectivity index (χ0) is 20.4. The van der Waals surface area contributed by atoms with Gasteiger partial charge in [-0.1, -0.05) is 16.6 Å². The molecular formula is C21H28N4O3S. The summed E-state index contributed by atoms with van der Waals surface area (Å²) in [6, 6.07) is 8.13. The number of rotatable bonds is 5. The van der Waals surface area contributed by atoms with E-state index < -0.39 is 0 Å². The minimum atomic E-state index is 0.146. The smallest absolute Gasteiger partial charge is 0.236 e. The van der Waals surface area contributed by atoms with E-state index in [2.05, 4.69) is 40.5 Å². The van der Waals surface area contributed by atoms with Crippen LogP contribution in [0.3, 0.4) is 0 Å². The highest BCUT2D eigenvalue weighted by Crippen LogP contribution is 2.40. The topological polar surface area (TPSA) is 67.8 Å². The van der Waals surface area contributed by atoms with Gasteiger partial charge in [-0.3, -0.25) is 9.69 Å². The van der Waals surface area contributed by atoms with E-state index in [1.54, 1.807) is 7.11 Å². The summed E-state index contributed by atoms with van der Waals surface area (Å²) < 4.78 is 15.3. The van der Waals surface area contributed by atoms with E-state index in [4.69, 9.17) is 9.47 Å². The SMILES string of the molecule is COc1cccc([C@@H]2CN(C(=O)CN3CC(C)OC(C)C3)C[C@H]2c2csnn2)c1. The Morgan fingerprint density at radius 2 is 1.97 bits per heavy atom. The largest absolute Gasteiger partial charge is 0.497 e. The van der Waals surface area contributed by atoms with Crippen LogP contribution in [0.15, 0.2) is 29.6 Å². The summed E-state index contributed by atoms with van der Waals surface area (Å²) in [5.74, 6) is 1.33. The lowest BCUT2D eigenvalue weighted by molar-refractivity contribution is -0.134. The number of nitrogens with zero attached hydrogens (tertiary/aromatic N) is 4. The third kappa shape index (κ3) is 4.60. The first-order chi connectivity index (χ1) is 14.0. The van der Waals surface area contributed by atoms with Gasteiger partial charge in [0.2, 0.25) is 5.91 Å². The van der Waals surface area contributed by atoms with Crippen LogP contribution in [0.1, 0.15) is 36.9 Å². The summed E-state index contributed by atoms with van der Waals surface area (Å²) >= 11 is 1.36. The Bertz CT molecular complexity index is 821. The van der Waals surface area contributed by atoms with E-state index in [1.165, 1.54) is 17.1 Å². The average molecular weight is 417 g/mol. The first-order valence-electron chi connectivity index (χ1n) is 10.1. The summed E-state index contributed by atoms with van der Waals surface area (Å²) in [5.41, 5.74) is 2.14. The van der Waals surface area contributed by atoms with Crippen LogP contribution in [-0.2, 0) is 9.53 Å². The molecule has 0 spiro atoms. The molecule has 2 unspecified atom stereocenters. The van der Waals surface area contributed by atoms with Crippen molar-refractivity contribution in [3.05, 3.63) is 40.9 Å². The van der Waals surface area contributed by atoms with Gasteiger partial charge < -0.3 is 14.4 Å². The number of methoxy groups -OCH3 is 1. The zero-order valence-corrected chi connectivity index (χ0v) is 18.0. The van der Waals surface area contributed by atoms with Gasteiger partial charge in [-0.25, -0.2) is 0 Å². The molecule has 0 saturated carbocycles. The number of hydrogen-bond acceptors (Lipinski definition) is 7. The minimum absolute atomic E-state index is 0.146. The minimum Gasteiger partial charge on any atom is -0.497 e. The Labute approximate surface area is 175 Å². The van der Waals surface area contributed by atoms with Crippen LogP contribution >= 0.6 is 11.5 Å². The lowest BCUT2D eigenvalue weighted by Gasteiger charge is -2.35. The van der Waals surface area contributed by atoms with Crippen molar-refractivity contribution in [2.24, 2.45) is 0 Å². The van der Waals surface area contributed by atoms with Crippen molar-refractivity contribution in [2.75, 3.05) is 39.8 Å². The summed E-state index contributed by atoms with van der Waals surface area (Å²) in [5, 5.41) is 6.32. The summed E-state index contributed by atoms with van der Waals surface area (Å²) in [6.07, 6.45) is 0.312. The van der Waals surface area contributed by atoms with Gasteiger partial charge in [-0.15, -0.1) is 5.10 Å². The number of likely N-dealkylation sites (tertiary alicyclic amines) is 1. The van der Waals surface area contributed by atoms with Gasteiger partial charge >= 0.3 is 0 Å². The van der Waals surface area contributed by atoms with E-state index in [0.717, 1.165) is 24.5 Å². The van der Waals surface area contributed by atoms with E-state index in [0.29, 0.717) is 19.6 Å². The number of morpholine rings is 1. The fraction of sp³-hybridized carbons (Fsp3) is 0.571. The monoisotopic (exact) mass is 416 g/mol. The van der Waals surface area contributed by atoms with Crippen molar-refractivity contribution in [1.82, 2.24) is 19.4 Å². The molecule has 0 aliphatic carbocycles. The lowest BCUT2D eigenvalue weighted by Crippen LogP contribution is -2.49. The Hall–Kier alpha value is -2.03. The van der Waals surface area contributed by atoms with Crippen molar-refractivity contribution in [2.45, 2.75) is 37.9 Å². The molecule has 0 N–H and O–H groups in total. The fourth-order valence-corrected chi connectivity index (χ4v) is 5.07. The maximum absolute atomic E-state index is 13.1. The molecule has 3 heterocycles. The van der Waals surface area contributed by atoms with Gasteiger partial charge in [0.15, 0.2) is 0 Å². The van der Waals surface area contributed by atoms with Crippen molar-refractivity contribution in [3.8, 4) is 5.75 Å². The number of aromatic nitrogens is 2. The van der Waals surface area contributed by atoms with Gasteiger partial charge in [0, 0.05) is 43.4 Å². The molecule has 2 fully saturated rings. The molecule has 2 aromatic rings. The van der Waals surface area contributed by atoms with Crippen LogP contribution in [-0.4, -0.2) is 77.3 Å². The van der Waals surface area contributed by atoms with Crippen molar-refractivity contribution >= 4 is 17.4 Å². The quantitative estimate of drug-likeness (QED) is 0.746. The predicted molar refractivity (Wildman–Crippen MR) is 111 cm³/mol. The standard InChI is InChI=1S/C21H28N4O3S/c1-14-8-24(9-15(2)28-14)12-21(26)25-10-18(16-5-4-6-17(7-16)27-3)19(11-25)20-13-29-23-22-20/h4-7,13-15,18-19H,8-12H2,1-3H3/t14?,15?,18-,19+/m0/s1. The molecular weight excluding hydrogens is 388 g/mol. The van der Waals surface area contributed by atoms with Crippen molar-refractivity contribution in [1.29, 1.82) is 0 Å². The highest BCUT2D eigenvalue weighted by molar-refractivity contribution is 7.03. The molecule has 1 amide bonds. The van der Waals surface area contributed by atoms with Crippen LogP contribution < -0.4 is 4.74 Å². The van der Waals surface area contributed by atoms with Gasteiger partial charge in [-0.05, 0) is 43.1 Å². The second-order valence-electron chi connectivity index (χ2n) is 8.07. The molecule has 1 aromatic carbocycles. The maximum atomic E-state index is 13.1. The molecule has 1 aromatic heterocycles. The second-order valence-corrected chi connectivity index (χ2v) is 8.68. The van der Waals surface area contributed by atoms with E-state index in [1.807, 2.05) is 22.4 Å². The lowest BCUT2D eigenvalue weighted by atomic mass is 9.87. The molecule has 0 bridgehead atoms. The normalized spacial score (nSPS) is 27.9. The molecule has 2 aliphatic rings. The van der Waals surface area contributed by atoms with E-state index in [-0.39, 0.29) is 30.0 Å². The molecule has 2 saturated heterocycles. The van der Waals surface area contributed by atoms with Crippen molar-refractivity contribution in [3.63, 3.8) is 0 Å². The Kier molecular flexibility index (Phi) is 6.12. The Balaban J connectivity index is 1.51. The highest BCUT2D eigenvalue weighted by atomic mass is 32.1. The predicted octanol–water partition coefficient (Wildman–Crippen LogP) is 2.37. The third-order valence-corrected chi connectivity index (χ3v) is 6.33. The van der Waals surface area contributed by atoms with Gasteiger partial charge in [0.25, 0.3) is 0 Å². The number of carbonyl (C=O) groups excluding carboxylic acids is 1. The molecule has 29 heavy (non-hydrogen) atoms. The van der Waals surface area contributed by atoms with Crippen molar-refractivity contribution < 1.29 is 14.3 Å². The molecule has 156 valence electrons. The summed E-state index contributed by atoms with van der Waals surface area (Å²) in [4.78, 5) is 17.3. The molecule has 0 radical (unpaired) electrons. The van der Waals surface area contributed by atoms with Gasteiger partial charge in [0.1, 0.15) is 5.75 Å². The molecule has 2 aliphatic heterocycles. The Morgan fingerprint density at radius 3 is 2.66 bits per heavy atom. The van der Waals surface area contributed by atoms with Crippen LogP contribution in [0, 0.1) is 0 Å². The van der Waals surface area contributed by atoms with E-state index >= 15 is 0 Å². The first kappa shape index (κ1) is 20.3. The highest BCUT2D eigenvalue weighted by Gasteiger charge is 2.39. The number of amides is 1. The molecule has 7 nitrogen and oxygen atoms in total. The number of ether oxygens (including phenoxy) is 2. The first-order valence-corrected chi connectivity index (χ1v) is 10.9. The number of hydrogen-bond donors (Lipinski definition) is 0. The second kappa shape index (κ2) is 8.77. The van der Waals surface area contributed by atoms with E-state index in [9.17, 15) is 4.79 Å². The Morgan fingerprint density at radius 1 is 1.21 bits per heavy atom. The van der Waals surface area contributed by atoms with Gasteiger partial charge in [-0.2, -0.15) is 0 Å².